The van der Waals surface area contributed by atoms with Crippen molar-refractivity contribution in [3.05, 3.63) is 29.6 Å². The lowest BCUT2D eigenvalue weighted by molar-refractivity contribution is -0.134. The number of alkyl halides is 3. The molecule has 118 valence electrons. The van der Waals surface area contributed by atoms with Gasteiger partial charge in [-0.1, -0.05) is 18.3 Å². The van der Waals surface area contributed by atoms with Gasteiger partial charge in [0.2, 0.25) is 10.0 Å². The average Bonchev–Trinajstić information content (AvgIpc) is 2.25. The van der Waals surface area contributed by atoms with E-state index in [1.807, 2.05) is 4.72 Å². The number of rotatable bonds is 6. The zero-order valence-corrected chi connectivity index (χ0v) is 12.2. The summed E-state index contributed by atoms with van der Waals surface area (Å²) < 4.78 is 74.8. The molecule has 4 nitrogen and oxygen atoms in total. The van der Waals surface area contributed by atoms with Crippen molar-refractivity contribution in [2.45, 2.75) is 19.0 Å². The van der Waals surface area contributed by atoms with Gasteiger partial charge in [0.05, 0.1) is 17.0 Å². The van der Waals surface area contributed by atoms with E-state index in [1.54, 1.807) is 0 Å². The molecule has 3 N–H and O–H groups in total. The van der Waals surface area contributed by atoms with Crippen molar-refractivity contribution >= 4 is 32.9 Å². The summed E-state index contributed by atoms with van der Waals surface area (Å²) in [6.07, 6.45) is -6.26. The molecule has 0 spiro atoms. The van der Waals surface area contributed by atoms with Crippen LogP contribution in [0.1, 0.15) is 18.4 Å². The first-order valence-corrected chi connectivity index (χ1v) is 7.73. The third-order valence-electron chi connectivity index (χ3n) is 2.40. The van der Waals surface area contributed by atoms with Crippen molar-refractivity contribution < 1.29 is 26.0 Å². The Morgan fingerprint density at radius 3 is 2.48 bits per heavy atom. The lowest BCUT2D eigenvalue weighted by Crippen LogP contribution is -2.22. The number of hydrogen-bond donors (Lipinski definition) is 2. The van der Waals surface area contributed by atoms with Crippen molar-refractivity contribution in [1.82, 2.24) is 0 Å². The normalized spacial score (nSPS) is 12.2. The summed E-state index contributed by atoms with van der Waals surface area (Å²) in [5, 5.41) is 0. The summed E-state index contributed by atoms with van der Waals surface area (Å²) in [6.45, 7) is 0. The van der Waals surface area contributed by atoms with Crippen LogP contribution in [0.25, 0.3) is 0 Å². The van der Waals surface area contributed by atoms with E-state index in [0.717, 1.165) is 6.07 Å². The molecule has 0 aliphatic heterocycles. The smallest absolute Gasteiger partial charge is 0.389 e. The number of halogens is 4. The molecule has 0 amide bonds. The SMILES string of the molecule is NC(=S)c1c(F)cccc1NS(=O)(=O)CCCC(F)(F)F. The van der Waals surface area contributed by atoms with E-state index in [-0.39, 0.29) is 16.2 Å². The van der Waals surface area contributed by atoms with Gasteiger partial charge in [0.1, 0.15) is 10.8 Å². The maximum Gasteiger partial charge on any atom is 0.389 e. The van der Waals surface area contributed by atoms with Crippen LogP contribution in [0.15, 0.2) is 18.2 Å². The number of anilines is 1. The minimum absolute atomic E-state index is 0.200. The zero-order chi connectivity index (χ0) is 16.3. The topological polar surface area (TPSA) is 72.2 Å². The first-order valence-electron chi connectivity index (χ1n) is 5.67. The zero-order valence-electron chi connectivity index (χ0n) is 10.6. The lowest BCUT2D eigenvalue weighted by atomic mass is 10.2. The van der Waals surface area contributed by atoms with E-state index in [4.69, 9.17) is 5.73 Å². The number of sulfonamides is 1. The van der Waals surface area contributed by atoms with Crippen LogP contribution in [0.4, 0.5) is 23.2 Å². The Kier molecular flexibility index (Phi) is 5.51. The fraction of sp³-hybridized carbons (Fsp3) is 0.364. The first kappa shape index (κ1) is 17.6. The molecule has 1 aromatic rings. The van der Waals surface area contributed by atoms with Gasteiger partial charge in [0.15, 0.2) is 0 Å². The molecular formula is C11H12F4N2O2S2. The maximum atomic E-state index is 13.5. The van der Waals surface area contributed by atoms with Crippen molar-refractivity contribution in [2.24, 2.45) is 5.73 Å². The Bertz CT molecular complexity index is 630. The molecule has 0 aliphatic carbocycles. The van der Waals surface area contributed by atoms with Crippen LogP contribution < -0.4 is 10.5 Å². The van der Waals surface area contributed by atoms with Crippen molar-refractivity contribution in [2.75, 3.05) is 10.5 Å². The van der Waals surface area contributed by atoms with Crippen LogP contribution in [-0.4, -0.2) is 25.3 Å². The van der Waals surface area contributed by atoms with E-state index < -0.39 is 40.6 Å². The van der Waals surface area contributed by atoms with E-state index in [9.17, 15) is 26.0 Å². The fourth-order valence-corrected chi connectivity index (χ4v) is 2.88. The molecule has 0 fully saturated rings. The highest BCUT2D eigenvalue weighted by Crippen LogP contribution is 2.23. The van der Waals surface area contributed by atoms with Gasteiger partial charge in [0, 0.05) is 6.42 Å². The predicted octanol–water partition coefficient (Wildman–Crippen LogP) is 2.54. The summed E-state index contributed by atoms with van der Waals surface area (Å²) in [4.78, 5) is -0.360. The highest BCUT2D eigenvalue weighted by atomic mass is 32.2. The van der Waals surface area contributed by atoms with Crippen LogP contribution in [0.2, 0.25) is 0 Å². The minimum Gasteiger partial charge on any atom is -0.389 e. The van der Waals surface area contributed by atoms with Gasteiger partial charge in [-0.2, -0.15) is 13.2 Å². The third-order valence-corrected chi connectivity index (χ3v) is 3.96. The summed E-state index contributed by atoms with van der Waals surface area (Å²) in [7, 11) is -4.06. The van der Waals surface area contributed by atoms with Gasteiger partial charge >= 0.3 is 6.18 Å². The number of nitrogens with two attached hydrogens (primary N) is 1. The molecule has 0 aromatic heterocycles. The molecule has 0 radical (unpaired) electrons. The summed E-state index contributed by atoms with van der Waals surface area (Å²) in [6, 6.07) is 3.49. The fourth-order valence-electron chi connectivity index (χ4n) is 1.54. The monoisotopic (exact) mass is 344 g/mol. The van der Waals surface area contributed by atoms with Crippen molar-refractivity contribution in [1.29, 1.82) is 0 Å². The molecule has 0 unspecified atom stereocenters. The molecule has 10 heteroatoms. The van der Waals surface area contributed by atoms with Crippen molar-refractivity contribution in [3.63, 3.8) is 0 Å². The maximum absolute atomic E-state index is 13.5. The Morgan fingerprint density at radius 1 is 1.33 bits per heavy atom. The summed E-state index contributed by atoms with van der Waals surface area (Å²) in [5.41, 5.74) is 4.80. The Hall–Kier alpha value is -1.42. The average molecular weight is 344 g/mol. The second-order valence-corrected chi connectivity index (χ2v) is 6.45. The second kappa shape index (κ2) is 6.56. The second-order valence-electron chi connectivity index (χ2n) is 4.17. The van der Waals surface area contributed by atoms with Gasteiger partial charge < -0.3 is 5.73 Å². The van der Waals surface area contributed by atoms with Gasteiger partial charge in [0.25, 0.3) is 0 Å². The van der Waals surface area contributed by atoms with E-state index >= 15 is 0 Å². The predicted molar refractivity (Wildman–Crippen MR) is 75.0 cm³/mol. The van der Waals surface area contributed by atoms with Gasteiger partial charge in [-0.25, -0.2) is 12.8 Å². The molecular weight excluding hydrogens is 332 g/mol. The molecule has 0 bridgehead atoms. The van der Waals surface area contributed by atoms with E-state index in [1.165, 1.54) is 12.1 Å². The minimum atomic E-state index is -4.43. The molecule has 1 rings (SSSR count). The summed E-state index contributed by atoms with van der Waals surface area (Å²) >= 11 is 4.62. The van der Waals surface area contributed by atoms with Gasteiger partial charge in [-0.05, 0) is 18.6 Å². The van der Waals surface area contributed by atoms with E-state index in [2.05, 4.69) is 12.2 Å². The highest BCUT2D eigenvalue weighted by Gasteiger charge is 2.27. The number of nitrogens with one attached hydrogen (secondary N) is 1. The highest BCUT2D eigenvalue weighted by molar-refractivity contribution is 7.92. The standard InChI is InChI=1S/C11H12F4N2O2S2/c12-7-3-1-4-8(9(7)10(16)20)17-21(18,19)6-2-5-11(13,14)15/h1,3-4,17H,2,5-6H2,(H2,16,20). The number of benzene rings is 1. The van der Waals surface area contributed by atoms with Gasteiger partial charge in [-0.3, -0.25) is 4.72 Å². The van der Waals surface area contributed by atoms with Crippen LogP contribution in [-0.2, 0) is 10.0 Å². The Morgan fingerprint density at radius 2 is 1.95 bits per heavy atom. The Balaban J connectivity index is 2.85. The molecule has 0 saturated carbocycles. The largest absolute Gasteiger partial charge is 0.389 e. The first-order chi connectivity index (χ1) is 9.52. The lowest BCUT2D eigenvalue weighted by Gasteiger charge is -2.13. The molecule has 21 heavy (non-hydrogen) atoms. The third kappa shape index (κ3) is 5.84. The Labute approximate surface area is 124 Å². The number of hydrogen-bond acceptors (Lipinski definition) is 3. The van der Waals surface area contributed by atoms with Crippen molar-refractivity contribution in [3.8, 4) is 0 Å². The molecule has 0 aliphatic rings. The molecule has 0 heterocycles. The van der Waals surface area contributed by atoms with Gasteiger partial charge in [-0.15, -0.1) is 0 Å². The summed E-state index contributed by atoms with van der Waals surface area (Å²) in [5.74, 6) is -1.57. The number of thiocarbonyl (C=S) groups is 1. The van der Waals surface area contributed by atoms with Crippen LogP contribution >= 0.6 is 12.2 Å². The van der Waals surface area contributed by atoms with Crippen LogP contribution in [0, 0.1) is 5.82 Å². The van der Waals surface area contributed by atoms with Crippen LogP contribution in [0.5, 0.6) is 0 Å². The molecule has 1 aromatic carbocycles. The van der Waals surface area contributed by atoms with Crippen LogP contribution in [0.3, 0.4) is 0 Å². The van der Waals surface area contributed by atoms with E-state index in [0.29, 0.717) is 0 Å². The molecule has 0 saturated heterocycles. The quantitative estimate of drug-likeness (QED) is 0.614. The molecule has 0 atom stereocenters.